The Labute approximate surface area is 213 Å². The zero-order valence-corrected chi connectivity index (χ0v) is 22.0. The van der Waals surface area contributed by atoms with Crippen molar-refractivity contribution in [2.75, 3.05) is 20.3 Å². The van der Waals surface area contributed by atoms with E-state index in [1.54, 1.807) is 30.3 Å². The first-order valence-electron chi connectivity index (χ1n) is 12.0. The van der Waals surface area contributed by atoms with Crippen molar-refractivity contribution in [3.8, 4) is 0 Å². The van der Waals surface area contributed by atoms with Crippen molar-refractivity contribution in [2.24, 2.45) is 0 Å². The number of ether oxygens (including phenoxy) is 3. The van der Waals surface area contributed by atoms with Gasteiger partial charge < -0.3 is 14.2 Å². The molecule has 1 fully saturated rings. The Bertz CT molecular complexity index is 1330. The fourth-order valence-corrected chi connectivity index (χ4v) is 6.25. The summed E-state index contributed by atoms with van der Waals surface area (Å²) in [6, 6.07) is 19.6. The number of sulfonamides is 1. The molecular formula is C28H33NO6S. The highest BCUT2D eigenvalue weighted by atomic mass is 32.2. The molecule has 192 valence electrons. The molecule has 0 saturated carbocycles. The van der Waals surface area contributed by atoms with E-state index < -0.39 is 21.6 Å². The molecule has 3 aromatic carbocycles. The lowest BCUT2D eigenvalue weighted by Gasteiger charge is -2.25. The van der Waals surface area contributed by atoms with Crippen LogP contribution in [0.4, 0.5) is 0 Å². The van der Waals surface area contributed by atoms with Gasteiger partial charge in [-0.15, -0.1) is 0 Å². The molecule has 8 heteroatoms. The molecule has 2 atom stereocenters. The Morgan fingerprint density at radius 3 is 2.47 bits per heavy atom. The van der Waals surface area contributed by atoms with Gasteiger partial charge in [-0.25, -0.2) is 13.2 Å². The quantitative estimate of drug-likeness (QED) is 0.405. The number of carbonyl (C=O) groups excluding carboxylic acids is 1. The second-order valence-corrected chi connectivity index (χ2v) is 11.9. The zero-order valence-electron chi connectivity index (χ0n) is 21.1. The summed E-state index contributed by atoms with van der Waals surface area (Å²) in [6.07, 6.45) is 0.295. The SMILES string of the molecule is COC(=O)c1cccc(COCC2CC(OC(C)(C)C)CN2S(=O)(=O)c2ccc3ccccc3c2)c1. The smallest absolute Gasteiger partial charge is 0.337 e. The van der Waals surface area contributed by atoms with E-state index in [0.717, 1.165) is 16.3 Å². The van der Waals surface area contributed by atoms with E-state index in [4.69, 9.17) is 14.2 Å². The van der Waals surface area contributed by atoms with Crippen molar-refractivity contribution in [2.45, 2.75) is 56.4 Å². The van der Waals surface area contributed by atoms with E-state index in [0.29, 0.717) is 12.0 Å². The number of esters is 1. The van der Waals surface area contributed by atoms with Crippen LogP contribution in [0.25, 0.3) is 10.8 Å². The summed E-state index contributed by atoms with van der Waals surface area (Å²) in [5.41, 5.74) is 0.855. The van der Waals surface area contributed by atoms with Crippen LogP contribution in [0.3, 0.4) is 0 Å². The third-order valence-electron chi connectivity index (χ3n) is 6.10. The first-order chi connectivity index (χ1) is 17.1. The molecule has 7 nitrogen and oxygen atoms in total. The van der Waals surface area contributed by atoms with E-state index in [1.807, 2.05) is 57.2 Å². The fourth-order valence-electron chi connectivity index (χ4n) is 4.56. The van der Waals surface area contributed by atoms with Gasteiger partial charge in [0.1, 0.15) is 0 Å². The summed E-state index contributed by atoms with van der Waals surface area (Å²) in [4.78, 5) is 12.1. The third kappa shape index (κ3) is 6.13. The van der Waals surface area contributed by atoms with E-state index in [-0.39, 0.29) is 36.8 Å². The van der Waals surface area contributed by atoms with Gasteiger partial charge in [-0.3, -0.25) is 0 Å². The molecule has 2 unspecified atom stereocenters. The molecule has 1 aliphatic heterocycles. The Hall–Kier alpha value is -2.78. The maximum absolute atomic E-state index is 13.7. The molecule has 0 radical (unpaired) electrons. The first kappa shape index (κ1) is 26.3. The maximum atomic E-state index is 13.7. The van der Waals surface area contributed by atoms with Crippen LogP contribution >= 0.6 is 0 Å². The van der Waals surface area contributed by atoms with Gasteiger partial charge in [0.15, 0.2) is 0 Å². The van der Waals surface area contributed by atoms with Crippen molar-refractivity contribution in [3.05, 3.63) is 77.9 Å². The predicted octanol–water partition coefficient (Wildman–Crippen LogP) is 4.79. The van der Waals surface area contributed by atoms with E-state index in [2.05, 4.69) is 0 Å². The van der Waals surface area contributed by atoms with Crippen LogP contribution in [0.2, 0.25) is 0 Å². The number of carbonyl (C=O) groups is 1. The van der Waals surface area contributed by atoms with Gasteiger partial charge in [0.2, 0.25) is 10.0 Å². The molecule has 0 bridgehead atoms. The van der Waals surface area contributed by atoms with Crippen LogP contribution < -0.4 is 0 Å². The Morgan fingerprint density at radius 2 is 1.75 bits per heavy atom. The van der Waals surface area contributed by atoms with Crippen LogP contribution in [-0.4, -0.2) is 56.7 Å². The van der Waals surface area contributed by atoms with E-state index in [9.17, 15) is 13.2 Å². The highest BCUT2D eigenvalue weighted by molar-refractivity contribution is 7.89. The largest absolute Gasteiger partial charge is 0.465 e. The Balaban J connectivity index is 1.53. The van der Waals surface area contributed by atoms with Crippen molar-refractivity contribution in [1.29, 1.82) is 0 Å². The van der Waals surface area contributed by atoms with Gasteiger partial charge in [0, 0.05) is 6.54 Å². The number of fused-ring (bicyclic) bond motifs is 1. The minimum Gasteiger partial charge on any atom is -0.465 e. The number of methoxy groups -OCH3 is 1. The standard InChI is InChI=1S/C28H33NO6S/c1-28(2,3)35-25-16-24(19-34-18-20-8-7-11-23(14-20)27(30)33-4)29(17-25)36(31,32)26-13-12-21-9-5-6-10-22(21)15-26/h5-15,24-25H,16-19H2,1-4H3. The summed E-state index contributed by atoms with van der Waals surface area (Å²) >= 11 is 0. The topological polar surface area (TPSA) is 82.1 Å². The molecule has 1 saturated heterocycles. The summed E-state index contributed by atoms with van der Waals surface area (Å²) < 4.78 is 45.9. The number of hydrogen-bond acceptors (Lipinski definition) is 6. The summed E-state index contributed by atoms with van der Waals surface area (Å²) in [7, 11) is -2.43. The van der Waals surface area contributed by atoms with Gasteiger partial charge in [-0.1, -0.05) is 42.5 Å². The van der Waals surface area contributed by atoms with Crippen molar-refractivity contribution in [3.63, 3.8) is 0 Å². The number of nitrogens with zero attached hydrogens (tertiary/aromatic N) is 1. The van der Waals surface area contributed by atoms with Crippen molar-refractivity contribution in [1.82, 2.24) is 4.31 Å². The zero-order chi connectivity index (χ0) is 25.9. The lowest BCUT2D eigenvalue weighted by molar-refractivity contribution is -0.0530. The summed E-state index contributed by atoms with van der Waals surface area (Å²) in [6.45, 7) is 6.61. The average Bonchev–Trinajstić information content (AvgIpc) is 3.25. The minimum atomic E-state index is -3.77. The van der Waals surface area contributed by atoms with Crippen molar-refractivity contribution < 1.29 is 27.4 Å². The molecular weight excluding hydrogens is 478 g/mol. The molecule has 0 aliphatic carbocycles. The summed E-state index contributed by atoms with van der Waals surface area (Å²) in [5.74, 6) is -0.414. The van der Waals surface area contributed by atoms with Crippen LogP contribution in [0.5, 0.6) is 0 Å². The van der Waals surface area contributed by atoms with Gasteiger partial charge >= 0.3 is 5.97 Å². The van der Waals surface area contributed by atoms with Gasteiger partial charge in [-0.05, 0) is 67.8 Å². The third-order valence-corrected chi connectivity index (χ3v) is 8.01. The monoisotopic (exact) mass is 511 g/mol. The Kier molecular flexibility index (Phi) is 7.80. The minimum absolute atomic E-state index is 0.208. The molecule has 36 heavy (non-hydrogen) atoms. The molecule has 1 heterocycles. The maximum Gasteiger partial charge on any atom is 0.337 e. The van der Waals surface area contributed by atoms with Gasteiger partial charge in [0.25, 0.3) is 0 Å². The first-order valence-corrected chi connectivity index (χ1v) is 13.4. The highest BCUT2D eigenvalue weighted by Gasteiger charge is 2.42. The second kappa shape index (κ2) is 10.7. The lowest BCUT2D eigenvalue weighted by atomic mass is 10.1. The molecule has 0 spiro atoms. The van der Waals surface area contributed by atoms with Gasteiger partial charge in [-0.2, -0.15) is 4.31 Å². The number of hydrogen-bond donors (Lipinski definition) is 0. The van der Waals surface area contributed by atoms with Crippen LogP contribution in [0.1, 0.15) is 43.1 Å². The number of benzene rings is 3. The van der Waals surface area contributed by atoms with Crippen LogP contribution in [0, 0.1) is 0 Å². The van der Waals surface area contributed by atoms with Crippen molar-refractivity contribution >= 4 is 26.8 Å². The van der Waals surface area contributed by atoms with Crippen LogP contribution in [-0.2, 0) is 30.8 Å². The molecule has 1 aliphatic rings. The molecule has 0 aromatic heterocycles. The Morgan fingerprint density at radius 1 is 1.00 bits per heavy atom. The van der Waals surface area contributed by atoms with Crippen LogP contribution in [0.15, 0.2) is 71.6 Å². The summed E-state index contributed by atoms with van der Waals surface area (Å²) in [5, 5.41) is 1.86. The highest BCUT2D eigenvalue weighted by Crippen LogP contribution is 2.31. The molecule has 4 rings (SSSR count). The molecule has 0 amide bonds. The average molecular weight is 512 g/mol. The fraction of sp³-hybridized carbons (Fsp3) is 0.393. The number of rotatable bonds is 8. The molecule has 3 aromatic rings. The lowest BCUT2D eigenvalue weighted by Crippen LogP contribution is -2.39. The molecule has 0 N–H and O–H groups in total. The predicted molar refractivity (Wildman–Crippen MR) is 138 cm³/mol. The normalized spacial score (nSPS) is 19.0. The van der Waals surface area contributed by atoms with E-state index >= 15 is 0 Å². The van der Waals surface area contributed by atoms with Gasteiger partial charge in [0.05, 0.1) is 48.5 Å². The second-order valence-electron chi connectivity index (χ2n) is 10.0. The van der Waals surface area contributed by atoms with E-state index in [1.165, 1.54) is 11.4 Å².